The third-order valence-electron chi connectivity index (χ3n) is 1.22. The van der Waals surface area contributed by atoms with Crippen molar-refractivity contribution in [3.63, 3.8) is 0 Å². The Kier molecular flexibility index (Phi) is 2.14. The zero-order valence-electron chi connectivity index (χ0n) is 6.82. The van der Waals surface area contributed by atoms with Crippen LogP contribution in [-0.4, -0.2) is 43.1 Å². The summed E-state index contributed by atoms with van der Waals surface area (Å²) in [6.45, 7) is 0. The number of nitrogens with zero attached hydrogens (tertiary/aromatic N) is 4. The monoisotopic (exact) mass is 192 g/mol. The summed E-state index contributed by atoms with van der Waals surface area (Å²) in [5.74, 6) is 0. The van der Waals surface area contributed by atoms with Gasteiger partial charge in [-0.2, -0.15) is 20.0 Å². The maximum atomic E-state index is 11.0. The van der Waals surface area contributed by atoms with E-state index < -0.39 is 6.16 Å². The molecule has 0 bridgehead atoms. The second kappa shape index (κ2) is 3.60. The average Bonchev–Trinajstić information content (AvgIpc) is 2.76. The van der Waals surface area contributed by atoms with E-state index in [2.05, 4.69) is 28.8 Å². The molecule has 0 aromatic rings. The van der Waals surface area contributed by atoms with Gasteiger partial charge in [-0.25, -0.2) is 0 Å². The molecule has 7 nitrogen and oxygen atoms in total. The highest BCUT2D eigenvalue weighted by Gasteiger charge is 2.35. The minimum absolute atomic E-state index is 0.0680. The van der Waals surface area contributed by atoms with Gasteiger partial charge in [0.05, 0.1) is 24.9 Å². The molecule has 0 saturated carbocycles. The van der Waals surface area contributed by atoms with Crippen LogP contribution < -0.4 is 0 Å². The molecule has 0 N–H and O–H groups in total. The summed E-state index contributed by atoms with van der Waals surface area (Å²) >= 11 is 0. The Labute approximate surface area is 77.6 Å². The highest BCUT2D eigenvalue weighted by Crippen LogP contribution is 2.04. The molecule has 2 aliphatic rings. The van der Waals surface area contributed by atoms with E-state index in [1.54, 1.807) is 0 Å². The van der Waals surface area contributed by atoms with Gasteiger partial charge in [0.2, 0.25) is 0 Å². The Hall–Kier alpha value is -2.31. The van der Waals surface area contributed by atoms with Crippen LogP contribution in [0.2, 0.25) is 0 Å². The number of amides is 4. The Morgan fingerprint density at radius 2 is 1.21 bits per heavy atom. The summed E-state index contributed by atoms with van der Waals surface area (Å²) in [4.78, 5) is 25.4. The standard InChI is InChI=1S/C7H4N4O3/c12-7(13-5-8-1-2-9-5)14-6-10-3-4-11-6/h1-4H/q+2. The molecule has 0 aromatic carbocycles. The number of urea groups is 2. The third kappa shape index (κ3) is 1.89. The molecule has 0 aromatic heterocycles. The molecular weight excluding hydrogens is 188 g/mol. The van der Waals surface area contributed by atoms with E-state index in [0.717, 1.165) is 0 Å². The lowest BCUT2D eigenvalue weighted by Crippen LogP contribution is -1.88. The zero-order chi connectivity index (χ0) is 9.80. The molecule has 7 heteroatoms. The summed E-state index contributed by atoms with van der Waals surface area (Å²) in [5.41, 5.74) is 0. The minimum atomic E-state index is -0.970. The van der Waals surface area contributed by atoms with Crippen LogP contribution in [0.25, 0.3) is 0 Å². The molecule has 0 saturated heterocycles. The van der Waals surface area contributed by atoms with Gasteiger partial charge in [-0.15, -0.1) is 8.85 Å². The van der Waals surface area contributed by atoms with Gasteiger partial charge in [0.1, 0.15) is 0 Å². The van der Waals surface area contributed by atoms with Crippen LogP contribution in [0.15, 0.2) is 20.0 Å². The molecular formula is C7H4N4O3+2. The molecule has 14 heavy (non-hydrogen) atoms. The topological polar surface area (TPSA) is 89.1 Å². The van der Waals surface area contributed by atoms with Crippen molar-refractivity contribution in [1.29, 1.82) is 0 Å². The summed E-state index contributed by atoms with van der Waals surface area (Å²) in [7, 11) is 0. The van der Waals surface area contributed by atoms with Gasteiger partial charge in [-0.1, -0.05) is 0 Å². The largest absolute Gasteiger partial charge is 1.06 e. The Bertz CT molecular complexity index is 374. The van der Waals surface area contributed by atoms with Gasteiger partial charge in [0.25, 0.3) is 4.79 Å². The van der Waals surface area contributed by atoms with Crippen LogP contribution in [0.3, 0.4) is 0 Å². The first-order valence-electron chi connectivity index (χ1n) is 3.61. The van der Waals surface area contributed by atoms with Crippen molar-refractivity contribution in [2.45, 2.75) is 0 Å². The van der Waals surface area contributed by atoms with E-state index in [1.165, 1.54) is 24.9 Å². The molecule has 2 rings (SSSR count). The van der Waals surface area contributed by atoms with Crippen molar-refractivity contribution in [1.82, 2.24) is 0 Å². The van der Waals surface area contributed by atoms with E-state index >= 15 is 0 Å². The summed E-state index contributed by atoms with van der Waals surface area (Å²) in [6, 6.07) is -0.136. The van der Waals surface area contributed by atoms with Crippen molar-refractivity contribution in [2.75, 3.05) is 0 Å². The van der Waals surface area contributed by atoms with Crippen molar-refractivity contribution >= 4 is 43.1 Å². The maximum absolute atomic E-state index is 11.0. The van der Waals surface area contributed by atoms with Crippen LogP contribution in [0.5, 0.6) is 0 Å². The van der Waals surface area contributed by atoms with Crippen LogP contribution in [-0.2, 0) is 0 Å². The summed E-state index contributed by atoms with van der Waals surface area (Å²) in [5, 5.41) is 0. The second-order valence-electron chi connectivity index (χ2n) is 2.13. The quantitative estimate of drug-likeness (QED) is 0.520. The first-order chi connectivity index (χ1) is 6.84. The third-order valence-corrected chi connectivity index (χ3v) is 1.22. The van der Waals surface area contributed by atoms with Crippen LogP contribution in [0.1, 0.15) is 0 Å². The fourth-order valence-corrected chi connectivity index (χ4v) is 0.730. The Morgan fingerprint density at radius 1 is 0.857 bits per heavy atom. The fourth-order valence-electron chi connectivity index (χ4n) is 0.730. The van der Waals surface area contributed by atoms with E-state index in [4.69, 9.17) is 0 Å². The van der Waals surface area contributed by atoms with Gasteiger partial charge in [0, 0.05) is 0 Å². The van der Waals surface area contributed by atoms with Gasteiger partial charge < -0.3 is 0 Å². The number of rotatable bonds is 0. The van der Waals surface area contributed by atoms with E-state index in [1.807, 2.05) is 0 Å². The van der Waals surface area contributed by atoms with Gasteiger partial charge in [-0.3, -0.25) is 0 Å². The highest BCUT2D eigenvalue weighted by atomic mass is 16.7. The highest BCUT2D eigenvalue weighted by molar-refractivity contribution is 6.26. The molecule has 0 radical (unpaired) electrons. The number of carbonyl (C=O) groups excluding carboxylic acids is 3. The second-order valence-corrected chi connectivity index (χ2v) is 2.13. The van der Waals surface area contributed by atoms with E-state index in [0.29, 0.717) is 0 Å². The Morgan fingerprint density at radius 3 is 1.57 bits per heavy atom. The zero-order valence-corrected chi connectivity index (χ0v) is 6.82. The van der Waals surface area contributed by atoms with E-state index in [9.17, 15) is 4.79 Å². The number of hydrogen-bond donors (Lipinski definition) is 0. The minimum Gasteiger partial charge on any atom is -0.163 e. The van der Waals surface area contributed by atoms with E-state index in [-0.39, 0.29) is 12.1 Å². The predicted molar refractivity (Wildman–Crippen MR) is 50.2 cm³/mol. The first kappa shape index (κ1) is 8.30. The maximum Gasteiger partial charge on any atom is 1.06 e. The fraction of sp³-hybridized carbons (Fsp3) is 0. The number of carbonyl (C=O) groups is 1. The lowest BCUT2D eigenvalue weighted by molar-refractivity contribution is -0.185. The van der Waals surface area contributed by atoms with Crippen LogP contribution in [0.4, 0.5) is 13.6 Å². The average molecular weight is 192 g/mol. The lowest BCUT2D eigenvalue weighted by Gasteiger charge is -1.67. The van der Waals surface area contributed by atoms with Crippen molar-refractivity contribution in [2.24, 2.45) is 20.0 Å². The molecule has 0 unspecified atom stereocenters. The van der Waals surface area contributed by atoms with Gasteiger partial charge >= 0.3 is 18.2 Å². The summed E-state index contributed by atoms with van der Waals surface area (Å²) in [6.07, 6.45) is 4.59. The summed E-state index contributed by atoms with van der Waals surface area (Å²) < 4.78 is 9.13. The van der Waals surface area contributed by atoms with Crippen LogP contribution >= 0.6 is 0 Å². The van der Waals surface area contributed by atoms with Crippen molar-refractivity contribution in [3.8, 4) is 0 Å². The van der Waals surface area contributed by atoms with Gasteiger partial charge in [-0.05, 0) is 0 Å². The predicted octanol–water partition coefficient (Wildman–Crippen LogP) is 0.728. The van der Waals surface area contributed by atoms with Crippen molar-refractivity contribution < 1.29 is 13.6 Å². The number of hydrogen-bond acceptors (Lipinski definition) is 1. The molecule has 0 aliphatic carbocycles. The molecule has 68 valence electrons. The van der Waals surface area contributed by atoms with Gasteiger partial charge in [0.15, 0.2) is 0 Å². The molecule has 2 aliphatic heterocycles. The smallest absolute Gasteiger partial charge is 0.163 e. The molecule has 4 amide bonds. The Balaban J connectivity index is 2.10. The molecule has 2 heterocycles. The molecule has 0 spiro atoms. The lowest BCUT2D eigenvalue weighted by atomic mass is 10.9. The SMILES string of the molecule is O=C([O+]=C1N=CC=N1)[O+]=C1N=CC=N1. The normalized spacial score (nSPS) is 16.9. The first-order valence-corrected chi connectivity index (χ1v) is 3.61. The van der Waals surface area contributed by atoms with Crippen molar-refractivity contribution in [3.05, 3.63) is 0 Å². The van der Waals surface area contributed by atoms with Crippen LogP contribution in [0, 0.1) is 0 Å². The molecule has 0 atom stereocenters. The number of aliphatic imine (C=N–C) groups is 4. The molecule has 0 fully saturated rings.